The molecule has 0 nitrogen and oxygen atoms in total. The van der Waals surface area contributed by atoms with Gasteiger partial charge in [-0.3, -0.25) is 0 Å². The molecule has 0 N–H and O–H groups in total. The predicted molar refractivity (Wildman–Crippen MR) is 69.0 cm³/mol. The highest BCUT2D eigenvalue weighted by atomic mass is 14.3. The molecule has 1 aliphatic rings. The molecule has 0 aliphatic heterocycles. The van der Waals surface area contributed by atoms with Crippen molar-refractivity contribution in [2.75, 3.05) is 0 Å². The molecule has 15 heavy (non-hydrogen) atoms. The number of rotatable bonds is 4. The molecule has 1 rings (SSSR count). The average molecular weight is 208 g/mol. The molecule has 0 saturated heterocycles. The highest BCUT2D eigenvalue weighted by Crippen LogP contribution is 2.34. The van der Waals surface area contributed by atoms with Crippen LogP contribution in [0.4, 0.5) is 0 Å². The minimum atomic E-state index is 0.938. The molecule has 0 amide bonds. The van der Waals surface area contributed by atoms with Crippen molar-refractivity contribution in [1.29, 1.82) is 0 Å². The minimum Gasteiger partial charge on any atom is -0.0859 e. The van der Waals surface area contributed by atoms with E-state index in [1.54, 1.807) is 0 Å². The van der Waals surface area contributed by atoms with Gasteiger partial charge in [0.25, 0.3) is 0 Å². The van der Waals surface area contributed by atoms with Gasteiger partial charge in [-0.1, -0.05) is 38.3 Å². The lowest BCUT2D eigenvalue weighted by atomic mass is 9.75. The van der Waals surface area contributed by atoms with Crippen molar-refractivity contribution in [3.8, 4) is 0 Å². The Hall–Kier alpha value is -0.260. The number of allylic oxidation sites excluding steroid dienone is 2. The van der Waals surface area contributed by atoms with Gasteiger partial charge in [-0.05, 0) is 57.3 Å². The molecule has 0 spiro atoms. The van der Waals surface area contributed by atoms with E-state index < -0.39 is 0 Å². The van der Waals surface area contributed by atoms with Crippen LogP contribution in [0.3, 0.4) is 0 Å². The van der Waals surface area contributed by atoms with E-state index in [4.69, 9.17) is 0 Å². The molecule has 1 atom stereocenters. The molecule has 0 bridgehead atoms. The van der Waals surface area contributed by atoms with Crippen molar-refractivity contribution in [1.82, 2.24) is 0 Å². The van der Waals surface area contributed by atoms with Gasteiger partial charge in [0, 0.05) is 0 Å². The third kappa shape index (κ3) is 4.86. The SMILES string of the molecule is CC(C)=CCC[C@H](C)C1CCC(C)CC1. The van der Waals surface area contributed by atoms with Crippen LogP contribution in [-0.4, -0.2) is 0 Å². The van der Waals surface area contributed by atoms with Gasteiger partial charge in [-0.2, -0.15) is 0 Å². The maximum Gasteiger partial charge on any atom is -0.0346 e. The Morgan fingerprint density at radius 2 is 1.80 bits per heavy atom. The maximum atomic E-state index is 2.46. The summed E-state index contributed by atoms with van der Waals surface area (Å²) in [5.74, 6) is 2.95. The Morgan fingerprint density at radius 3 is 2.33 bits per heavy atom. The highest BCUT2D eigenvalue weighted by molar-refractivity contribution is 4.93. The van der Waals surface area contributed by atoms with Gasteiger partial charge in [-0.25, -0.2) is 0 Å². The molecule has 0 unspecified atom stereocenters. The topological polar surface area (TPSA) is 0 Å². The summed E-state index contributed by atoms with van der Waals surface area (Å²) in [6.07, 6.45) is 11.0. The summed E-state index contributed by atoms with van der Waals surface area (Å²) in [4.78, 5) is 0. The maximum absolute atomic E-state index is 2.46. The molecule has 1 aliphatic carbocycles. The summed E-state index contributed by atoms with van der Waals surface area (Å²) >= 11 is 0. The Bertz CT molecular complexity index is 190. The van der Waals surface area contributed by atoms with Crippen molar-refractivity contribution in [2.24, 2.45) is 17.8 Å². The molecule has 0 radical (unpaired) electrons. The summed E-state index contributed by atoms with van der Waals surface area (Å²) in [6.45, 7) is 9.27. The van der Waals surface area contributed by atoms with Crippen LogP contribution < -0.4 is 0 Å². The first-order valence-corrected chi connectivity index (χ1v) is 6.73. The normalized spacial score (nSPS) is 28.5. The van der Waals surface area contributed by atoms with E-state index >= 15 is 0 Å². The van der Waals surface area contributed by atoms with Crippen molar-refractivity contribution in [3.05, 3.63) is 11.6 Å². The van der Waals surface area contributed by atoms with E-state index in [1.165, 1.54) is 44.1 Å². The number of hydrogen-bond donors (Lipinski definition) is 0. The fourth-order valence-corrected chi connectivity index (χ4v) is 2.73. The molecule has 0 heteroatoms. The molecule has 0 aromatic heterocycles. The molecular weight excluding hydrogens is 180 g/mol. The highest BCUT2D eigenvalue weighted by Gasteiger charge is 2.22. The largest absolute Gasteiger partial charge is 0.0859 e. The van der Waals surface area contributed by atoms with Gasteiger partial charge in [0.2, 0.25) is 0 Å². The van der Waals surface area contributed by atoms with Gasteiger partial charge < -0.3 is 0 Å². The lowest BCUT2D eigenvalue weighted by Crippen LogP contribution is -2.18. The number of hydrogen-bond acceptors (Lipinski definition) is 0. The molecule has 88 valence electrons. The van der Waals surface area contributed by atoms with E-state index in [0.717, 1.165) is 17.8 Å². The zero-order valence-electron chi connectivity index (χ0n) is 11.1. The van der Waals surface area contributed by atoms with Gasteiger partial charge in [0.15, 0.2) is 0 Å². The van der Waals surface area contributed by atoms with Gasteiger partial charge >= 0.3 is 0 Å². The zero-order valence-corrected chi connectivity index (χ0v) is 11.1. The van der Waals surface area contributed by atoms with E-state index in [1.807, 2.05) is 0 Å². The van der Waals surface area contributed by atoms with Crippen LogP contribution >= 0.6 is 0 Å². The van der Waals surface area contributed by atoms with E-state index in [0.29, 0.717) is 0 Å². The second-order valence-electron chi connectivity index (χ2n) is 5.86. The van der Waals surface area contributed by atoms with Crippen LogP contribution in [0.1, 0.15) is 66.2 Å². The Morgan fingerprint density at radius 1 is 1.20 bits per heavy atom. The Balaban J connectivity index is 2.22. The molecule has 0 heterocycles. The second-order valence-corrected chi connectivity index (χ2v) is 5.86. The second kappa shape index (κ2) is 6.35. The van der Waals surface area contributed by atoms with Crippen LogP contribution in [0.15, 0.2) is 11.6 Å². The van der Waals surface area contributed by atoms with Crippen molar-refractivity contribution < 1.29 is 0 Å². The Labute approximate surface area is 96.2 Å². The molecular formula is C15H28. The lowest BCUT2D eigenvalue weighted by molar-refractivity contribution is 0.216. The summed E-state index contributed by atoms with van der Waals surface area (Å²) in [5, 5.41) is 0. The van der Waals surface area contributed by atoms with E-state index in [2.05, 4.69) is 33.8 Å². The first-order chi connectivity index (χ1) is 7.09. The van der Waals surface area contributed by atoms with Crippen LogP contribution in [0, 0.1) is 17.8 Å². The summed E-state index contributed by atoms with van der Waals surface area (Å²) < 4.78 is 0. The predicted octanol–water partition coefficient (Wildman–Crippen LogP) is 5.20. The van der Waals surface area contributed by atoms with Crippen LogP contribution in [0.25, 0.3) is 0 Å². The van der Waals surface area contributed by atoms with Gasteiger partial charge in [0.05, 0.1) is 0 Å². The molecule has 0 aromatic rings. The first kappa shape index (κ1) is 12.8. The van der Waals surface area contributed by atoms with Crippen molar-refractivity contribution >= 4 is 0 Å². The van der Waals surface area contributed by atoms with Crippen molar-refractivity contribution in [2.45, 2.75) is 66.2 Å². The average Bonchev–Trinajstić information content (AvgIpc) is 2.18. The lowest BCUT2D eigenvalue weighted by Gasteiger charge is -2.30. The first-order valence-electron chi connectivity index (χ1n) is 6.73. The summed E-state index contributed by atoms with van der Waals surface area (Å²) in [5.41, 5.74) is 1.47. The summed E-state index contributed by atoms with van der Waals surface area (Å²) in [7, 11) is 0. The fourth-order valence-electron chi connectivity index (χ4n) is 2.73. The molecule has 1 saturated carbocycles. The van der Waals surface area contributed by atoms with Crippen molar-refractivity contribution in [3.63, 3.8) is 0 Å². The van der Waals surface area contributed by atoms with E-state index in [-0.39, 0.29) is 0 Å². The van der Waals surface area contributed by atoms with Gasteiger partial charge in [0.1, 0.15) is 0 Å². The standard InChI is InChI=1S/C15H28/c1-12(2)6-5-7-14(4)15-10-8-13(3)9-11-15/h6,13-15H,5,7-11H2,1-4H3/t13?,14-,15?/m0/s1. The Kier molecular flexibility index (Phi) is 5.42. The monoisotopic (exact) mass is 208 g/mol. The summed E-state index contributed by atoms with van der Waals surface area (Å²) in [6, 6.07) is 0. The van der Waals surface area contributed by atoms with Crippen LogP contribution in [0.5, 0.6) is 0 Å². The quantitative estimate of drug-likeness (QED) is 0.557. The fraction of sp³-hybridized carbons (Fsp3) is 0.867. The van der Waals surface area contributed by atoms with E-state index in [9.17, 15) is 0 Å². The van der Waals surface area contributed by atoms with Gasteiger partial charge in [-0.15, -0.1) is 0 Å². The minimum absolute atomic E-state index is 0.938. The molecule has 1 fully saturated rings. The van der Waals surface area contributed by atoms with Crippen LogP contribution in [0.2, 0.25) is 0 Å². The zero-order chi connectivity index (χ0) is 11.3. The third-order valence-corrected chi connectivity index (χ3v) is 4.04. The molecule has 0 aromatic carbocycles. The third-order valence-electron chi connectivity index (χ3n) is 4.04. The van der Waals surface area contributed by atoms with Crippen LogP contribution in [-0.2, 0) is 0 Å². The smallest absolute Gasteiger partial charge is 0.0346 e.